The van der Waals surface area contributed by atoms with E-state index in [-0.39, 0.29) is 25.8 Å². The van der Waals surface area contributed by atoms with E-state index in [2.05, 4.69) is 133 Å². The minimum absolute atomic E-state index is 0. The summed E-state index contributed by atoms with van der Waals surface area (Å²) >= 11 is 0. The second-order valence-corrected chi connectivity index (χ2v) is 13.0. The Morgan fingerprint density at radius 1 is 0.667 bits per heavy atom. The number of pyridine rings is 2. The first kappa shape index (κ1) is 30.1. The number of nitrogens with zero attached hydrogens (tertiary/aromatic N) is 4. The Kier molecular flexibility index (Phi) is 7.18. The maximum Gasteiger partial charge on any atom is 2.00 e. The van der Waals surface area contributed by atoms with Crippen molar-refractivity contribution >= 4 is 49.1 Å². The zero-order chi connectivity index (χ0) is 31.7. The standard InChI is InChI=1S/C42H30N4O.Pd/c1-42(2,3)28-21-22-43-40(23-28)46-38-16-10-8-14-33(38)34-20-18-30(25-39(34)46)47-29-17-19-31-32-13-7-9-15-37(32)45-26-36(27-11-5-4-6-12-27)44-41(45)35(31)24-29;/h4-23,26H,1-3H3;/q-2;+2. The molecule has 9 rings (SSSR count). The molecule has 0 aliphatic rings. The molecule has 4 heterocycles. The number of ether oxygens (including phenoxy) is 1. The van der Waals surface area contributed by atoms with Crippen molar-refractivity contribution in [2.45, 2.75) is 26.2 Å². The summed E-state index contributed by atoms with van der Waals surface area (Å²) in [5.74, 6) is 2.07. The fourth-order valence-electron chi connectivity index (χ4n) is 6.63. The monoisotopic (exact) mass is 712 g/mol. The smallest absolute Gasteiger partial charge is 0.503 e. The minimum atomic E-state index is -0.00614. The van der Waals surface area contributed by atoms with E-state index in [4.69, 9.17) is 14.7 Å². The Morgan fingerprint density at radius 3 is 2.10 bits per heavy atom. The van der Waals surface area contributed by atoms with Gasteiger partial charge in [-0.15, -0.1) is 29.7 Å². The molecule has 0 amide bonds. The number of hydrogen-bond acceptors (Lipinski definition) is 3. The predicted molar refractivity (Wildman–Crippen MR) is 191 cm³/mol. The van der Waals surface area contributed by atoms with Crippen LogP contribution in [0, 0.1) is 12.1 Å². The number of benzene rings is 5. The van der Waals surface area contributed by atoms with Crippen LogP contribution >= 0.6 is 0 Å². The quantitative estimate of drug-likeness (QED) is 0.104. The van der Waals surface area contributed by atoms with Crippen LogP contribution in [-0.2, 0) is 25.8 Å². The summed E-state index contributed by atoms with van der Waals surface area (Å²) in [6.45, 7) is 6.66. The summed E-state index contributed by atoms with van der Waals surface area (Å²) in [5.41, 5.74) is 7.13. The van der Waals surface area contributed by atoms with Gasteiger partial charge in [0, 0.05) is 40.5 Å². The van der Waals surface area contributed by atoms with Crippen LogP contribution in [0.15, 0.2) is 128 Å². The third kappa shape index (κ3) is 4.88. The summed E-state index contributed by atoms with van der Waals surface area (Å²) in [6, 6.07) is 46.7. The zero-order valence-corrected chi connectivity index (χ0v) is 28.2. The molecule has 0 N–H and O–H groups in total. The largest absolute Gasteiger partial charge is 2.00 e. The van der Waals surface area contributed by atoms with E-state index in [1.807, 2.05) is 36.5 Å². The normalized spacial score (nSPS) is 11.9. The maximum absolute atomic E-state index is 6.53. The second kappa shape index (κ2) is 11.5. The van der Waals surface area contributed by atoms with Gasteiger partial charge in [0.05, 0.1) is 11.3 Å². The van der Waals surface area contributed by atoms with E-state index in [0.29, 0.717) is 11.5 Å². The maximum atomic E-state index is 6.53. The molecule has 234 valence electrons. The molecular weight excluding hydrogens is 683 g/mol. The van der Waals surface area contributed by atoms with Gasteiger partial charge in [-0.05, 0) is 46.0 Å². The molecule has 0 unspecified atom stereocenters. The van der Waals surface area contributed by atoms with Crippen LogP contribution in [0.2, 0.25) is 0 Å². The summed E-state index contributed by atoms with van der Waals surface area (Å²) < 4.78 is 10.9. The number of aromatic nitrogens is 4. The van der Waals surface area contributed by atoms with Crippen LogP contribution in [0.5, 0.6) is 11.5 Å². The molecule has 0 atom stereocenters. The molecule has 9 aromatic rings. The van der Waals surface area contributed by atoms with E-state index < -0.39 is 0 Å². The van der Waals surface area contributed by atoms with Gasteiger partial charge in [-0.3, -0.25) is 4.98 Å². The van der Waals surface area contributed by atoms with Crippen molar-refractivity contribution in [1.82, 2.24) is 18.9 Å². The van der Waals surface area contributed by atoms with Gasteiger partial charge in [-0.1, -0.05) is 110 Å². The molecule has 0 spiro atoms. The Morgan fingerprint density at radius 2 is 1.33 bits per heavy atom. The van der Waals surface area contributed by atoms with Crippen molar-refractivity contribution in [2.75, 3.05) is 0 Å². The first-order valence-corrected chi connectivity index (χ1v) is 15.8. The molecule has 0 radical (unpaired) electrons. The van der Waals surface area contributed by atoms with Crippen LogP contribution < -0.4 is 4.74 Å². The molecule has 0 bridgehead atoms. The first-order chi connectivity index (χ1) is 22.9. The van der Waals surface area contributed by atoms with E-state index in [0.717, 1.165) is 66.2 Å². The number of para-hydroxylation sites is 2. The second-order valence-electron chi connectivity index (χ2n) is 13.0. The topological polar surface area (TPSA) is 44.4 Å². The van der Waals surface area contributed by atoms with Crippen molar-refractivity contribution in [3.8, 4) is 28.6 Å². The Hall–Kier alpha value is -5.28. The number of hydrogen-bond donors (Lipinski definition) is 0. The number of fused-ring (bicyclic) bond motifs is 9. The molecule has 5 aromatic carbocycles. The van der Waals surface area contributed by atoms with Crippen molar-refractivity contribution in [3.63, 3.8) is 0 Å². The van der Waals surface area contributed by atoms with Crippen LogP contribution in [0.25, 0.3) is 66.2 Å². The van der Waals surface area contributed by atoms with Gasteiger partial charge in [0.2, 0.25) is 0 Å². The molecule has 0 saturated carbocycles. The van der Waals surface area contributed by atoms with Crippen LogP contribution in [0.1, 0.15) is 26.3 Å². The minimum Gasteiger partial charge on any atom is -0.503 e. The molecule has 0 fully saturated rings. The van der Waals surface area contributed by atoms with Crippen LogP contribution in [-0.4, -0.2) is 18.9 Å². The fraction of sp³-hybridized carbons (Fsp3) is 0.0952. The van der Waals surface area contributed by atoms with Gasteiger partial charge in [0.25, 0.3) is 0 Å². The third-order valence-electron chi connectivity index (χ3n) is 8.99. The summed E-state index contributed by atoms with van der Waals surface area (Å²) in [4.78, 5) is 9.91. The summed E-state index contributed by atoms with van der Waals surface area (Å²) in [7, 11) is 0. The molecule has 0 saturated heterocycles. The first-order valence-electron chi connectivity index (χ1n) is 15.8. The molecule has 48 heavy (non-hydrogen) atoms. The molecule has 4 aromatic heterocycles. The Bertz CT molecular complexity index is 2650. The van der Waals surface area contributed by atoms with Gasteiger partial charge in [0.1, 0.15) is 5.82 Å². The van der Waals surface area contributed by atoms with Crippen LogP contribution in [0.3, 0.4) is 0 Å². The van der Waals surface area contributed by atoms with Gasteiger partial charge in [-0.2, -0.15) is 6.07 Å². The van der Waals surface area contributed by atoms with Crippen molar-refractivity contribution in [2.24, 2.45) is 0 Å². The van der Waals surface area contributed by atoms with E-state index >= 15 is 0 Å². The third-order valence-corrected chi connectivity index (χ3v) is 8.99. The van der Waals surface area contributed by atoms with Gasteiger partial charge in [-0.25, -0.2) is 4.98 Å². The van der Waals surface area contributed by atoms with Gasteiger partial charge in [0.15, 0.2) is 0 Å². The summed E-state index contributed by atoms with van der Waals surface area (Å²) in [5, 5.41) is 5.36. The van der Waals surface area contributed by atoms with Crippen LogP contribution in [0.4, 0.5) is 0 Å². The summed E-state index contributed by atoms with van der Waals surface area (Å²) in [6.07, 6.45) is 4.00. The molecular formula is C42H30N4OPd. The number of imidazole rings is 1. The average molecular weight is 713 g/mol. The Labute approximate surface area is 292 Å². The average Bonchev–Trinajstić information content (AvgIpc) is 3.69. The van der Waals surface area contributed by atoms with Crippen molar-refractivity contribution in [1.29, 1.82) is 0 Å². The fourth-order valence-corrected chi connectivity index (χ4v) is 6.63. The van der Waals surface area contributed by atoms with E-state index in [1.54, 1.807) is 0 Å². The van der Waals surface area contributed by atoms with E-state index in [1.165, 1.54) is 5.56 Å². The molecule has 6 heteroatoms. The van der Waals surface area contributed by atoms with Gasteiger partial charge < -0.3 is 13.7 Å². The molecule has 0 aliphatic carbocycles. The van der Waals surface area contributed by atoms with Crippen molar-refractivity contribution in [3.05, 3.63) is 145 Å². The van der Waals surface area contributed by atoms with E-state index in [9.17, 15) is 0 Å². The predicted octanol–water partition coefficient (Wildman–Crippen LogP) is 10.5. The molecule has 5 nitrogen and oxygen atoms in total. The Balaban J connectivity index is 0.00000336. The number of rotatable bonds is 4. The van der Waals surface area contributed by atoms with Crippen molar-refractivity contribution < 1.29 is 25.2 Å². The van der Waals surface area contributed by atoms with Gasteiger partial charge >= 0.3 is 20.4 Å². The zero-order valence-electron chi connectivity index (χ0n) is 26.6. The SMILES string of the molecule is CC(C)(C)c1ccnc(-n2c3[c-]c(Oc4[c-]c5c(cc4)c4ccccc4n4cc(-c6ccccc6)nc54)ccc3c3ccccc32)c1.[Pd+2]. The molecule has 0 aliphatic heterocycles.